The monoisotopic (exact) mass is 289 g/mol. The fraction of sp³-hybridized carbons (Fsp3) is 0.308. The molecule has 1 atom stereocenters. The van der Waals surface area contributed by atoms with Gasteiger partial charge in [0.2, 0.25) is 5.95 Å². The fourth-order valence-electron chi connectivity index (χ4n) is 2.46. The van der Waals surface area contributed by atoms with Crippen LogP contribution in [0.25, 0.3) is 0 Å². The van der Waals surface area contributed by atoms with Crippen LogP contribution in [0.3, 0.4) is 0 Å². The summed E-state index contributed by atoms with van der Waals surface area (Å²) in [5.74, 6) is 0.605. The molecule has 1 aliphatic rings. The van der Waals surface area contributed by atoms with Crippen LogP contribution in [0.15, 0.2) is 28.9 Å². The number of oxime groups is 1. The molecule has 1 unspecified atom stereocenters. The summed E-state index contributed by atoms with van der Waals surface area (Å²) in [5, 5.41) is 13.8. The molecule has 0 aliphatic carbocycles. The number of thiophene rings is 1. The third-order valence-electron chi connectivity index (χ3n) is 3.55. The molecule has 7 heteroatoms. The Hall–Kier alpha value is -2.15. The van der Waals surface area contributed by atoms with Gasteiger partial charge in [0.05, 0.1) is 6.04 Å². The lowest BCUT2D eigenvalue weighted by atomic mass is 10.0. The first-order chi connectivity index (χ1) is 9.70. The zero-order valence-corrected chi connectivity index (χ0v) is 11.8. The normalized spacial score (nSPS) is 18.9. The maximum absolute atomic E-state index is 8.73. The molecule has 3 rings (SSSR count). The second-order valence-electron chi connectivity index (χ2n) is 4.65. The van der Waals surface area contributed by atoms with Crippen molar-refractivity contribution in [3.63, 3.8) is 0 Å². The minimum Gasteiger partial charge on any atom is -0.409 e. The van der Waals surface area contributed by atoms with Crippen molar-refractivity contribution in [3.05, 3.63) is 39.8 Å². The Morgan fingerprint density at radius 3 is 3.20 bits per heavy atom. The first-order valence-corrected chi connectivity index (χ1v) is 7.22. The molecule has 1 aliphatic heterocycles. The van der Waals surface area contributed by atoms with Crippen molar-refractivity contribution in [2.75, 3.05) is 11.4 Å². The molecule has 0 saturated heterocycles. The third kappa shape index (κ3) is 2.09. The SMILES string of the molecule is CC1c2ccsc2CCN1c1nccc(/C(N)=N/O)n1. The summed E-state index contributed by atoms with van der Waals surface area (Å²) in [6.45, 7) is 3.01. The number of hydrogen-bond acceptors (Lipinski definition) is 6. The van der Waals surface area contributed by atoms with Gasteiger partial charge in [0.1, 0.15) is 5.69 Å². The van der Waals surface area contributed by atoms with Crippen molar-refractivity contribution in [1.82, 2.24) is 9.97 Å². The molecular weight excluding hydrogens is 274 g/mol. The Morgan fingerprint density at radius 2 is 2.40 bits per heavy atom. The van der Waals surface area contributed by atoms with Crippen LogP contribution in [-0.2, 0) is 6.42 Å². The lowest BCUT2D eigenvalue weighted by Crippen LogP contribution is -2.34. The minimum absolute atomic E-state index is 0.00506. The van der Waals surface area contributed by atoms with Crippen LogP contribution < -0.4 is 10.6 Å². The first-order valence-electron chi connectivity index (χ1n) is 6.34. The van der Waals surface area contributed by atoms with Crippen LogP contribution in [-0.4, -0.2) is 27.6 Å². The Kier molecular flexibility index (Phi) is 3.27. The molecule has 0 aromatic carbocycles. The van der Waals surface area contributed by atoms with Gasteiger partial charge in [-0.1, -0.05) is 5.16 Å². The fourth-order valence-corrected chi connectivity index (χ4v) is 3.43. The van der Waals surface area contributed by atoms with Crippen LogP contribution >= 0.6 is 11.3 Å². The Labute approximate surface area is 120 Å². The van der Waals surface area contributed by atoms with E-state index in [0.717, 1.165) is 13.0 Å². The molecule has 2 aromatic rings. The van der Waals surface area contributed by atoms with E-state index in [1.54, 1.807) is 23.6 Å². The predicted octanol–water partition coefficient (Wildman–Crippen LogP) is 1.76. The van der Waals surface area contributed by atoms with E-state index >= 15 is 0 Å². The number of nitrogens with two attached hydrogens (primary N) is 1. The molecule has 6 nitrogen and oxygen atoms in total. The summed E-state index contributed by atoms with van der Waals surface area (Å²) < 4.78 is 0. The molecule has 104 valence electrons. The van der Waals surface area contributed by atoms with Crippen molar-refractivity contribution < 1.29 is 5.21 Å². The average Bonchev–Trinajstić information content (AvgIpc) is 2.96. The van der Waals surface area contributed by atoms with Crippen molar-refractivity contribution >= 4 is 23.1 Å². The number of aromatic nitrogens is 2. The van der Waals surface area contributed by atoms with Crippen LogP contribution in [0.4, 0.5) is 5.95 Å². The summed E-state index contributed by atoms with van der Waals surface area (Å²) in [6, 6.07) is 4.01. The number of anilines is 1. The van der Waals surface area contributed by atoms with Crippen molar-refractivity contribution in [2.45, 2.75) is 19.4 Å². The first kappa shape index (κ1) is 12.9. The average molecular weight is 289 g/mol. The maximum Gasteiger partial charge on any atom is 0.226 e. The summed E-state index contributed by atoms with van der Waals surface area (Å²) >= 11 is 1.80. The number of amidine groups is 1. The van der Waals surface area contributed by atoms with E-state index in [2.05, 4.69) is 38.4 Å². The second kappa shape index (κ2) is 5.09. The highest BCUT2D eigenvalue weighted by Gasteiger charge is 2.26. The summed E-state index contributed by atoms with van der Waals surface area (Å²) in [4.78, 5) is 12.3. The van der Waals surface area contributed by atoms with Crippen LogP contribution in [0, 0.1) is 0 Å². The lowest BCUT2D eigenvalue weighted by Gasteiger charge is -2.33. The standard InChI is InChI=1S/C13H15N5OS/c1-8-9-4-7-20-11(9)3-6-18(8)13-15-5-2-10(16-13)12(14)17-19/h2,4-5,7-8,19H,3,6H2,1H3,(H2,14,17). The van der Waals surface area contributed by atoms with E-state index in [1.165, 1.54) is 10.4 Å². The van der Waals surface area contributed by atoms with Crippen LogP contribution in [0.2, 0.25) is 0 Å². The number of rotatable bonds is 2. The second-order valence-corrected chi connectivity index (χ2v) is 5.65. The van der Waals surface area contributed by atoms with Crippen molar-refractivity contribution in [1.29, 1.82) is 0 Å². The number of fused-ring (bicyclic) bond motifs is 1. The van der Waals surface area contributed by atoms with Gasteiger partial charge < -0.3 is 15.8 Å². The molecule has 0 radical (unpaired) electrons. The molecule has 2 aromatic heterocycles. The minimum atomic E-state index is -0.00506. The van der Waals surface area contributed by atoms with E-state index in [9.17, 15) is 0 Å². The molecule has 3 heterocycles. The van der Waals surface area contributed by atoms with Gasteiger partial charge in [-0.2, -0.15) is 0 Å². The van der Waals surface area contributed by atoms with Crippen LogP contribution in [0.5, 0.6) is 0 Å². The summed E-state index contributed by atoms with van der Waals surface area (Å²) in [5.41, 5.74) is 7.34. The zero-order chi connectivity index (χ0) is 14.1. The largest absolute Gasteiger partial charge is 0.409 e. The topological polar surface area (TPSA) is 87.6 Å². The number of hydrogen-bond donors (Lipinski definition) is 2. The number of nitrogens with zero attached hydrogens (tertiary/aromatic N) is 4. The summed E-state index contributed by atoms with van der Waals surface area (Å²) in [6.07, 6.45) is 2.63. The molecular formula is C13H15N5OS. The van der Waals surface area contributed by atoms with Gasteiger partial charge in [-0.15, -0.1) is 11.3 Å². The van der Waals surface area contributed by atoms with E-state index in [4.69, 9.17) is 10.9 Å². The molecule has 20 heavy (non-hydrogen) atoms. The van der Waals surface area contributed by atoms with E-state index in [1.807, 2.05) is 0 Å². The van der Waals surface area contributed by atoms with Gasteiger partial charge in [-0.25, -0.2) is 9.97 Å². The van der Waals surface area contributed by atoms with Gasteiger partial charge in [-0.05, 0) is 36.4 Å². The van der Waals surface area contributed by atoms with Crippen molar-refractivity contribution in [3.8, 4) is 0 Å². The summed E-state index contributed by atoms with van der Waals surface area (Å²) in [7, 11) is 0. The van der Waals surface area contributed by atoms with Gasteiger partial charge in [0, 0.05) is 17.6 Å². The highest BCUT2D eigenvalue weighted by molar-refractivity contribution is 7.10. The Morgan fingerprint density at radius 1 is 1.55 bits per heavy atom. The molecule has 0 amide bonds. The third-order valence-corrected chi connectivity index (χ3v) is 4.54. The highest BCUT2D eigenvalue weighted by Crippen LogP contribution is 2.34. The quantitative estimate of drug-likeness (QED) is 0.381. The van der Waals surface area contributed by atoms with Gasteiger partial charge in [0.25, 0.3) is 0 Å². The van der Waals surface area contributed by atoms with Gasteiger partial charge in [-0.3, -0.25) is 0 Å². The Bertz CT molecular complexity index is 654. The Balaban J connectivity index is 1.94. The van der Waals surface area contributed by atoms with Gasteiger partial charge in [0.15, 0.2) is 5.84 Å². The molecule has 0 bridgehead atoms. The van der Waals surface area contributed by atoms with E-state index in [0.29, 0.717) is 11.6 Å². The lowest BCUT2D eigenvalue weighted by molar-refractivity contribution is 0.318. The molecule has 3 N–H and O–H groups in total. The maximum atomic E-state index is 8.73. The zero-order valence-electron chi connectivity index (χ0n) is 11.0. The predicted molar refractivity (Wildman–Crippen MR) is 78.3 cm³/mol. The van der Waals surface area contributed by atoms with Crippen molar-refractivity contribution in [2.24, 2.45) is 10.9 Å². The highest BCUT2D eigenvalue weighted by atomic mass is 32.1. The van der Waals surface area contributed by atoms with E-state index < -0.39 is 0 Å². The van der Waals surface area contributed by atoms with Gasteiger partial charge >= 0.3 is 0 Å². The molecule has 0 fully saturated rings. The molecule has 0 saturated carbocycles. The smallest absolute Gasteiger partial charge is 0.226 e. The van der Waals surface area contributed by atoms with E-state index in [-0.39, 0.29) is 11.9 Å². The van der Waals surface area contributed by atoms with Crippen LogP contribution in [0.1, 0.15) is 29.1 Å². The molecule has 0 spiro atoms.